The van der Waals surface area contributed by atoms with E-state index in [1.807, 2.05) is 0 Å². The summed E-state index contributed by atoms with van der Waals surface area (Å²) >= 11 is 0. The fraction of sp³-hybridized carbons (Fsp3) is 0.238. The predicted octanol–water partition coefficient (Wildman–Crippen LogP) is 3.97. The number of amides is 2. The van der Waals surface area contributed by atoms with Crippen molar-refractivity contribution < 1.29 is 27.5 Å². The number of hydrogen-bond donors (Lipinski definition) is 1. The van der Waals surface area contributed by atoms with Crippen LogP contribution in [-0.2, 0) is 22.3 Å². The van der Waals surface area contributed by atoms with Gasteiger partial charge in [-0.2, -0.15) is 13.2 Å². The lowest BCUT2D eigenvalue weighted by Crippen LogP contribution is -2.32. The van der Waals surface area contributed by atoms with Gasteiger partial charge in [0.25, 0.3) is 5.91 Å². The Balaban J connectivity index is 2.42. The zero-order chi connectivity index (χ0) is 21.4. The number of methoxy groups -OCH3 is 1. The quantitative estimate of drug-likeness (QED) is 0.559. The van der Waals surface area contributed by atoms with E-state index < -0.39 is 23.6 Å². The Labute approximate surface area is 166 Å². The first-order valence-electron chi connectivity index (χ1n) is 8.71. The highest BCUT2D eigenvalue weighted by Gasteiger charge is 2.34. The molecule has 0 radical (unpaired) electrons. The van der Waals surface area contributed by atoms with Gasteiger partial charge in [0.05, 0.1) is 12.1 Å². The van der Waals surface area contributed by atoms with Crippen LogP contribution < -0.4 is 5.32 Å². The summed E-state index contributed by atoms with van der Waals surface area (Å²) in [6, 6.07) is 13.2. The number of nitrogens with zero attached hydrogens (tertiary/aromatic N) is 1. The van der Waals surface area contributed by atoms with E-state index in [4.69, 9.17) is 4.74 Å². The molecule has 154 valence electrons. The zero-order valence-corrected chi connectivity index (χ0v) is 16.0. The second-order valence-electron chi connectivity index (χ2n) is 6.17. The first kappa shape index (κ1) is 22.2. The molecule has 0 bridgehead atoms. The molecule has 8 heteroatoms. The summed E-state index contributed by atoms with van der Waals surface area (Å²) in [5, 5.41) is 2.44. The fourth-order valence-corrected chi connectivity index (χ4v) is 2.66. The first-order valence-corrected chi connectivity index (χ1v) is 8.71. The van der Waals surface area contributed by atoms with Gasteiger partial charge in [-0.15, -0.1) is 0 Å². The Morgan fingerprint density at radius 3 is 2.31 bits per heavy atom. The highest BCUT2D eigenvalue weighted by Crippen LogP contribution is 2.33. The maximum atomic E-state index is 13.4. The fourth-order valence-electron chi connectivity index (χ4n) is 2.66. The predicted molar refractivity (Wildman–Crippen MR) is 102 cm³/mol. The lowest BCUT2D eigenvalue weighted by Gasteiger charge is -2.25. The van der Waals surface area contributed by atoms with Crippen LogP contribution in [0.25, 0.3) is 0 Å². The number of ether oxygens (including phenoxy) is 1. The van der Waals surface area contributed by atoms with Crippen molar-refractivity contribution in [2.75, 3.05) is 13.8 Å². The van der Waals surface area contributed by atoms with Gasteiger partial charge in [0.15, 0.2) is 0 Å². The summed E-state index contributed by atoms with van der Waals surface area (Å²) in [5.74, 6) is -1.05. The first-order chi connectivity index (χ1) is 13.7. The molecule has 0 aliphatic heterocycles. The standard InChI is InChI=1S/C21H21F3N2O3/c1-15(12-19(27)25-14-29-2)26(20(28)16-8-4-3-5-9-16)13-17-10-6-7-11-18(17)21(22,23)24/h3-12H,13-14H2,1-2H3,(H,25,27)/b15-12+. The third-order valence-corrected chi connectivity index (χ3v) is 4.07. The summed E-state index contributed by atoms with van der Waals surface area (Å²) in [6.45, 7) is 1.11. The maximum absolute atomic E-state index is 13.4. The van der Waals surface area contributed by atoms with E-state index in [0.29, 0.717) is 5.56 Å². The van der Waals surface area contributed by atoms with Crippen LogP contribution in [0, 0.1) is 0 Å². The normalized spacial score (nSPS) is 11.8. The summed E-state index contributed by atoms with van der Waals surface area (Å²) < 4.78 is 44.9. The van der Waals surface area contributed by atoms with Crippen molar-refractivity contribution in [1.82, 2.24) is 10.2 Å². The Morgan fingerprint density at radius 2 is 1.69 bits per heavy atom. The van der Waals surface area contributed by atoms with Crippen molar-refractivity contribution in [3.8, 4) is 0 Å². The molecule has 2 amide bonds. The molecule has 2 aromatic rings. The van der Waals surface area contributed by atoms with E-state index in [-0.39, 0.29) is 24.5 Å². The number of benzene rings is 2. The molecular formula is C21H21F3N2O3. The molecule has 0 heterocycles. The second-order valence-corrected chi connectivity index (χ2v) is 6.17. The van der Waals surface area contributed by atoms with Crippen LogP contribution in [0.3, 0.4) is 0 Å². The Hall–Kier alpha value is -3.13. The van der Waals surface area contributed by atoms with Crippen molar-refractivity contribution in [1.29, 1.82) is 0 Å². The van der Waals surface area contributed by atoms with Crippen molar-refractivity contribution in [2.24, 2.45) is 0 Å². The number of rotatable bonds is 7. The second kappa shape index (κ2) is 9.88. The van der Waals surface area contributed by atoms with E-state index >= 15 is 0 Å². The van der Waals surface area contributed by atoms with Crippen LogP contribution in [0.2, 0.25) is 0 Å². The molecule has 2 rings (SSSR count). The molecule has 0 aliphatic carbocycles. The van der Waals surface area contributed by atoms with E-state index in [1.54, 1.807) is 30.3 Å². The minimum absolute atomic E-state index is 0.0356. The van der Waals surface area contributed by atoms with Crippen LogP contribution in [0.15, 0.2) is 66.4 Å². The van der Waals surface area contributed by atoms with E-state index in [9.17, 15) is 22.8 Å². The van der Waals surface area contributed by atoms with Gasteiger partial charge in [0.1, 0.15) is 6.73 Å². The summed E-state index contributed by atoms with van der Waals surface area (Å²) in [7, 11) is 1.40. The van der Waals surface area contributed by atoms with E-state index in [0.717, 1.165) is 17.0 Å². The molecular weight excluding hydrogens is 385 g/mol. The van der Waals surface area contributed by atoms with E-state index in [1.165, 1.54) is 32.2 Å². The average molecular weight is 406 g/mol. The van der Waals surface area contributed by atoms with E-state index in [2.05, 4.69) is 5.32 Å². The monoisotopic (exact) mass is 406 g/mol. The van der Waals surface area contributed by atoms with Crippen molar-refractivity contribution in [3.05, 3.63) is 83.1 Å². The third kappa shape index (κ3) is 6.18. The Kier molecular flexibility index (Phi) is 7.55. The molecule has 0 aromatic heterocycles. The number of alkyl halides is 3. The average Bonchev–Trinajstić information content (AvgIpc) is 2.70. The van der Waals surface area contributed by atoms with Gasteiger partial charge < -0.3 is 15.0 Å². The van der Waals surface area contributed by atoms with Crippen molar-refractivity contribution in [2.45, 2.75) is 19.6 Å². The number of allylic oxidation sites excluding steroid dienone is 1. The largest absolute Gasteiger partial charge is 0.416 e. The molecule has 0 atom stereocenters. The van der Waals surface area contributed by atoms with Crippen LogP contribution in [-0.4, -0.2) is 30.6 Å². The van der Waals surface area contributed by atoms with Crippen LogP contribution >= 0.6 is 0 Å². The van der Waals surface area contributed by atoms with Gasteiger partial charge in [-0.1, -0.05) is 36.4 Å². The molecule has 1 N–H and O–H groups in total. The van der Waals surface area contributed by atoms with Crippen molar-refractivity contribution >= 4 is 11.8 Å². The highest BCUT2D eigenvalue weighted by atomic mass is 19.4. The Bertz CT molecular complexity index is 880. The summed E-state index contributed by atoms with van der Waals surface area (Å²) in [6.07, 6.45) is -3.42. The smallest absolute Gasteiger partial charge is 0.364 e. The molecule has 0 spiro atoms. The van der Waals surface area contributed by atoms with Gasteiger partial charge in [-0.3, -0.25) is 9.59 Å². The molecule has 0 aliphatic rings. The number of hydrogen-bond acceptors (Lipinski definition) is 3. The molecule has 0 saturated carbocycles. The van der Waals surface area contributed by atoms with Crippen LogP contribution in [0.1, 0.15) is 28.4 Å². The SMILES string of the molecule is COCNC(=O)/C=C(\C)N(Cc1ccccc1C(F)(F)F)C(=O)c1ccccc1. The number of nitrogens with one attached hydrogen (secondary N) is 1. The van der Waals surface area contributed by atoms with Gasteiger partial charge in [-0.05, 0) is 30.7 Å². The molecule has 0 fully saturated rings. The van der Waals surface area contributed by atoms with Gasteiger partial charge in [0, 0.05) is 24.4 Å². The lowest BCUT2D eigenvalue weighted by atomic mass is 10.1. The van der Waals surface area contributed by atoms with Crippen molar-refractivity contribution in [3.63, 3.8) is 0 Å². The minimum Gasteiger partial charge on any atom is -0.364 e. The molecule has 0 saturated heterocycles. The van der Waals surface area contributed by atoms with Gasteiger partial charge in [0.2, 0.25) is 5.91 Å². The zero-order valence-electron chi connectivity index (χ0n) is 16.0. The van der Waals surface area contributed by atoms with Crippen LogP contribution in [0.5, 0.6) is 0 Å². The van der Waals surface area contributed by atoms with Crippen LogP contribution in [0.4, 0.5) is 13.2 Å². The summed E-state index contributed by atoms with van der Waals surface area (Å²) in [5.41, 5.74) is -0.414. The minimum atomic E-state index is -4.56. The maximum Gasteiger partial charge on any atom is 0.416 e. The topological polar surface area (TPSA) is 58.6 Å². The molecule has 0 unspecified atom stereocenters. The summed E-state index contributed by atoms with van der Waals surface area (Å²) in [4.78, 5) is 26.1. The lowest BCUT2D eigenvalue weighted by molar-refractivity contribution is -0.138. The molecule has 2 aromatic carbocycles. The molecule has 5 nitrogen and oxygen atoms in total. The van der Waals surface area contributed by atoms with Gasteiger partial charge >= 0.3 is 6.18 Å². The number of carbonyl (C=O) groups excluding carboxylic acids is 2. The number of carbonyl (C=O) groups is 2. The third-order valence-electron chi connectivity index (χ3n) is 4.07. The molecule has 29 heavy (non-hydrogen) atoms. The highest BCUT2D eigenvalue weighted by molar-refractivity contribution is 5.96. The van der Waals surface area contributed by atoms with Gasteiger partial charge in [-0.25, -0.2) is 0 Å². The Morgan fingerprint density at radius 1 is 1.07 bits per heavy atom. The number of halogens is 3.